The molecule has 1 aromatic heterocycles. The molecule has 3 nitrogen and oxygen atoms in total. The third-order valence-electron chi connectivity index (χ3n) is 2.59. The van der Waals surface area contributed by atoms with E-state index in [4.69, 9.17) is 0 Å². The molecule has 1 heterocycles. The highest BCUT2D eigenvalue weighted by Crippen LogP contribution is 2.25. The van der Waals surface area contributed by atoms with Crippen molar-refractivity contribution in [1.29, 1.82) is 0 Å². The van der Waals surface area contributed by atoms with Crippen molar-refractivity contribution in [2.45, 2.75) is 26.9 Å². The summed E-state index contributed by atoms with van der Waals surface area (Å²) in [4.78, 5) is 0. The molecule has 13 heavy (non-hydrogen) atoms. The van der Waals surface area contributed by atoms with Crippen LogP contribution >= 0.6 is 0 Å². The summed E-state index contributed by atoms with van der Waals surface area (Å²) < 4.78 is 1.71. The Labute approximate surface area is 79.4 Å². The summed E-state index contributed by atoms with van der Waals surface area (Å²) >= 11 is 0. The Hall–Kier alpha value is -0.830. The average Bonchev–Trinajstić information content (AvgIpc) is 2.49. The highest BCUT2D eigenvalue weighted by atomic mass is 16.3. The van der Waals surface area contributed by atoms with Crippen molar-refractivity contribution in [3.8, 4) is 0 Å². The molecule has 0 aliphatic heterocycles. The quantitative estimate of drug-likeness (QED) is 0.773. The summed E-state index contributed by atoms with van der Waals surface area (Å²) in [5, 5.41) is 14.1. The van der Waals surface area contributed by atoms with Gasteiger partial charge in [0.25, 0.3) is 0 Å². The summed E-state index contributed by atoms with van der Waals surface area (Å²) in [6.45, 7) is 6.26. The summed E-state index contributed by atoms with van der Waals surface area (Å²) in [5.74, 6) is 0.715. The third-order valence-corrected chi connectivity index (χ3v) is 2.59. The fourth-order valence-corrected chi connectivity index (χ4v) is 1.22. The minimum absolute atomic E-state index is 0.245. The van der Waals surface area contributed by atoms with Gasteiger partial charge in [0, 0.05) is 13.2 Å². The highest BCUT2D eigenvalue weighted by Gasteiger charge is 2.20. The minimum atomic E-state index is -0.443. The van der Waals surface area contributed by atoms with E-state index in [1.807, 2.05) is 26.2 Å². The number of aryl methyl sites for hydroxylation is 1. The first kappa shape index (κ1) is 10.3. The number of hydrogen-bond donors (Lipinski definition) is 1. The van der Waals surface area contributed by atoms with Crippen LogP contribution in [0.3, 0.4) is 0 Å². The number of aliphatic hydroxyl groups is 1. The van der Waals surface area contributed by atoms with E-state index in [9.17, 15) is 5.11 Å². The Kier molecular flexibility index (Phi) is 3.09. The maximum absolute atomic E-state index is 9.90. The molecule has 1 rings (SSSR count). The van der Waals surface area contributed by atoms with Crippen molar-refractivity contribution in [1.82, 2.24) is 9.78 Å². The summed E-state index contributed by atoms with van der Waals surface area (Å²) in [7, 11) is 1.86. The van der Waals surface area contributed by atoms with Crippen molar-refractivity contribution in [3.05, 3.63) is 18.0 Å². The van der Waals surface area contributed by atoms with E-state index >= 15 is 0 Å². The van der Waals surface area contributed by atoms with Crippen LogP contribution in [0.4, 0.5) is 0 Å². The Balaban J connectivity index is 2.73. The van der Waals surface area contributed by atoms with Crippen LogP contribution in [0.5, 0.6) is 0 Å². The Morgan fingerprint density at radius 2 is 2.00 bits per heavy atom. The number of aromatic nitrogens is 2. The van der Waals surface area contributed by atoms with Gasteiger partial charge in [0.1, 0.15) is 6.10 Å². The van der Waals surface area contributed by atoms with Crippen LogP contribution in [0.25, 0.3) is 0 Å². The van der Waals surface area contributed by atoms with Gasteiger partial charge in [0.2, 0.25) is 0 Å². The van der Waals surface area contributed by atoms with Crippen molar-refractivity contribution >= 4 is 0 Å². The average molecular weight is 182 g/mol. The molecule has 1 aromatic rings. The number of nitrogens with zero attached hydrogens (tertiary/aromatic N) is 2. The lowest BCUT2D eigenvalue weighted by atomic mass is 9.91. The van der Waals surface area contributed by atoms with E-state index in [1.54, 1.807) is 4.68 Å². The molecule has 2 atom stereocenters. The molecule has 1 N–H and O–H groups in total. The molecule has 0 bridgehead atoms. The van der Waals surface area contributed by atoms with Crippen molar-refractivity contribution in [2.75, 3.05) is 0 Å². The first-order valence-corrected chi connectivity index (χ1v) is 4.70. The van der Waals surface area contributed by atoms with Crippen LogP contribution < -0.4 is 0 Å². The van der Waals surface area contributed by atoms with Gasteiger partial charge in [0.05, 0.1) is 5.69 Å². The molecule has 74 valence electrons. The molecular weight excluding hydrogens is 164 g/mol. The second-order valence-corrected chi connectivity index (χ2v) is 3.96. The third kappa shape index (κ3) is 2.31. The van der Waals surface area contributed by atoms with E-state index in [-0.39, 0.29) is 5.92 Å². The van der Waals surface area contributed by atoms with Crippen molar-refractivity contribution in [2.24, 2.45) is 18.9 Å². The van der Waals surface area contributed by atoms with Crippen molar-refractivity contribution in [3.63, 3.8) is 0 Å². The summed E-state index contributed by atoms with van der Waals surface area (Å²) in [6, 6.07) is 1.86. The topological polar surface area (TPSA) is 38.0 Å². The second kappa shape index (κ2) is 3.92. The molecule has 0 fully saturated rings. The predicted molar refractivity (Wildman–Crippen MR) is 52.2 cm³/mol. The Morgan fingerprint density at radius 1 is 1.38 bits per heavy atom. The largest absolute Gasteiger partial charge is 0.386 e. The summed E-state index contributed by atoms with van der Waals surface area (Å²) in [5.41, 5.74) is 0.767. The molecule has 0 saturated carbocycles. The van der Waals surface area contributed by atoms with Gasteiger partial charge in [-0.15, -0.1) is 0 Å². The van der Waals surface area contributed by atoms with Gasteiger partial charge in [-0.25, -0.2) is 0 Å². The zero-order valence-electron chi connectivity index (χ0n) is 8.73. The zero-order valence-corrected chi connectivity index (χ0v) is 8.73. The molecule has 0 aliphatic carbocycles. The van der Waals surface area contributed by atoms with Crippen LogP contribution in [0.2, 0.25) is 0 Å². The maximum Gasteiger partial charge on any atom is 0.101 e. The molecule has 0 amide bonds. The Bertz CT molecular complexity index is 268. The normalized spacial score (nSPS) is 16.2. The van der Waals surface area contributed by atoms with Gasteiger partial charge < -0.3 is 5.11 Å². The second-order valence-electron chi connectivity index (χ2n) is 3.96. The standard InChI is InChI=1S/C10H18N2O/c1-7(2)8(3)10(13)9-5-6-12(4)11-9/h5-8,10,13H,1-4H3. The molecule has 3 heteroatoms. The lowest BCUT2D eigenvalue weighted by Crippen LogP contribution is -2.15. The molecule has 0 aliphatic rings. The first-order chi connectivity index (χ1) is 6.02. The number of hydrogen-bond acceptors (Lipinski definition) is 2. The molecule has 0 radical (unpaired) electrons. The first-order valence-electron chi connectivity index (χ1n) is 4.70. The maximum atomic E-state index is 9.90. The van der Waals surface area contributed by atoms with Crippen LogP contribution in [0, 0.1) is 11.8 Å². The van der Waals surface area contributed by atoms with Crippen LogP contribution in [0.1, 0.15) is 32.6 Å². The lowest BCUT2D eigenvalue weighted by molar-refractivity contribution is 0.0877. The van der Waals surface area contributed by atoms with Gasteiger partial charge in [0.15, 0.2) is 0 Å². The zero-order chi connectivity index (χ0) is 10.0. The van der Waals surface area contributed by atoms with Crippen molar-refractivity contribution < 1.29 is 5.11 Å². The number of rotatable bonds is 3. The molecule has 0 spiro atoms. The highest BCUT2D eigenvalue weighted by molar-refractivity contribution is 5.03. The van der Waals surface area contributed by atoms with Crippen LogP contribution in [-0.4, -0.2) is 14.9 Å². The van der Waals surface area contributed by atoms with E-state index in [0.29, 0.717) is 5.92 Å². The molecular formula is C10H18N2O. The minimum Gasteiger partial charge on any atom is -0.386 e. The molecule has 0 saturated heterocycles. The smallest absolute Gasteiger partial charge is 0.101 e. The van der Waals surface area contributed by atoms with E-state index in [2.05, 4.69) is 18.9 Å². The summed E-state index contributed by atoms with van der Waals surface area (Å²) in [6.07, 6.45) is 1.41. The lowest BCUT2D eigenvalue weighted by Gasteiger charge is -2.20. The SMILES string of the molecule is CC(C)C(C)C(O)c1ccn(C)n1. The van der Waals surface area contributed by atoms with E-state index in [1.165, 1.54) is 0 Å². The van der Waals surface area contributed by atoms with Gasteiger partial charge >= 0.3 is 0 Å². The molecule has 2 unspecified atom stereocenters. The van der Waals surface area contributed by atoms with E-state index < -0.39 is 6.10 Å². The van der Waals surface area contributed by atoms with Gasteiger partial charge in [-0.3, -0.25) is 4.68 Å². The monoisotopic (exact) mass is 182 g/mol. The van der Waals surface area contributed by atoms with Gasteiger partial charge in [-0.1, -0.05) is 20.8 Å². The van der Waals surface area contributed by atoms with E-state index in [0.717, 1.165) is 5.69 Å². The number of aliphatic hydroxyl groups excluding tert-OH is 1. The van der Waals surface area contributed by atoms with Crippen LogP contribution in [0.15, 0.2) is 12.3 Å². The molecule has 0 aromatic carbocycles. The van der Waals surface area contributed by atoms with Gasteiger partial charge in [-0.05, 0) is 17.9 Å². The van der Waals surface area contributed by atoms with Gasteiger partial charge in [-0.2, -0.15) is 5.10 Å². The predicted octanol–water partition coefficient (Wildman–Crippen LogP) is 1.75. The Morgan fingerprint density at radius 3 is 2.38 bits per heavy atom. The van der Waals surface area contributed by atoms with Crippen LogP contribution in [-0.2, 0) is 7.05 Å². The fourth-order valence-electron chi connectivity index (χ4n) is 1.22. The fraction of sp³-hybridized carbons (Fsp3) is 0.700.